The van der Waals surface area contributed by atoms with E-state index in [0.29, 0.717) is 31.6 Å². The fraction of sp³-hybridized carbons (Fsp3) is 0.944. The smallest absolute Gasteiger partial charge is 0.462 e. The lowest BCUT2D eigenvalue weighted by Crippen LogP contribution is -2.30. The van der Waals surface area contributed by atoms with E-state index in [2.05, 4.69) is 48.5 Å². The van der Waals surface area contributed by atoms with E-state index in [-0.39, 0.29) is 25.7 Å². The molecule has 0 radical (unpaired) electrons. The molecule has 0 aliphatic rings. The summed E-state index contributed by atoms with van der Waals surface area (Å²) in [6.45, 7) is 11.7. The van der Waals surface area contributed by atoms with Gasteiger partial charge in [0.2, 0.25) is 0 Å². The SMILES string of the molecule is CCCCCCCC(=O)OC[C@H](COP(=O)(O)OC[C@H](O)COP(=O)(O)OC[C@@H](COC(=O)CCCCCCCCCCCCCCCCC(C)C)OC(=O)CCCCCCCCCCCCCCCCCCC(C)C)OC(=O)CCCCCCCCC(C)C. The van der Waals surface area contributed by atoms with Crippen molar-refractivity contribution in [2.45, 2.75) is 375 Å². The first kappa shape index (κ1) is 88.1. The molecule has 0 spiro atoms. The summed E-state index contributed by atoms with van der Waals surface area (Å²) in [5.41, 5.74) is 0. The van der Waals surface area contributed by atoms with E-state index in [9.17, 15) is 43.2 Å². The van der Waals surface area contributed by atoms with Crippen LogP contribution < -0.4 is 0 Å². The number of phosphoric acid groups is 2. The zero-order chi connectivity index (χ0) is 66.6. The number of unbranched alkanes of at least 4 members (excludes halogenated alkanes) is 37. The van der Waals surface area contributed by atoms with Crippen LogP contribution in [0.15, 0.2) is 0 Å². The number of rotatable bonds is 69. The Morgan fingerprint density at radius 3 is 0.756 bits per heavy atom. The zero-order valence-corrected chi connectivity index (χ0v) is 60.4. The monoisotopic (exact) mass is 1320 g/mol. The molecule has 2 unspecified atom stereocenters. The molecule has 0 aliphatic carbocycles. The molecule has 3 N–H and O–H groups in total. The van der Waals surface area contributed by atoms with E-state index in [4.69, 9.17) is 37.0 Å². The van der Waals surface area contributed by atoms with Crippen LogP contribution in [0.5, 0.6) is 0 Å². The Bertz CT molecular complexity index is 1770. The molecule has 0 amide bonds. The summed E-state index contributed by atoms with van der Waals surface area (Å²) in [6, 6.07) is 0. The second-order valence-corrected chi connectivity index (χ2v) is 30.0. The fourth-order valence-electron chi connectivity index (χ4n) is 10.7. The average Bonchev–Trinajstić information content (AvgIpc) is 3.68. The highest BCUT2D eigenvalue weighted by Gasteiger charge is 2.30. The zero-order valence-electron chi connectivity index (χ0n) is 58.6. The Morgan fingerprint density at radius 2 is 0.511 bits per heavy atom. The maximum Gasteiger partial charge on any atom is 0.472 e. The summed E-state index contributed by atoms with van der Waals surface area (Å²) in [6.07, 6.45) is 46.5. The van der Waals surface area contributed by atoms with Gasteiger partial charge in [0, 0.05) is 25.7 Å². The minimum atomic E-state index is -4.95. The third-order valence-electron chi connectivity index (χ3n) is 16.4. The molecule has 0 aromatic rings. The Kier molecular flexibility index (Phi) is 60.6. The highest BCUT2D eigenvalue weighted by atomic mass is 31.2. The van der Waals surface area contributed by atoms with Gasteiger partial charge >= 0.3 is 39.5 Å². The number of esters is 4. The summed E-state index contributed by atoms with van der Waals surface area (Å²) in [5, 5.41) is 10.6. The van der Waals surface area contributed by atoms with Crippen LogP contribution in [0, 0.1) is 17.8 Å². The van der Waals surface area contributed by atoms with Gasteiger partial charge in [-0.3, -0.25) is 37.3 Å². The molecule has 19 heteroatoms. The van der Waals surface area contributed by atoms with Gasteiger partial charge < -0.3 is 33.8 Å². The van der Waals surface area contributed by atoms with E-state index in [1.165, 1.54) is 161 Å². The molecule has 90 heavy (non-hydrogen) atoms. The first-order valence-corrected chi connectivity index (χ1v) is 39.8. The molecule has 0 heterocycles. The minimum absolute atomic E-state index is 0.101. The van der Waals surface area contributed by atoms with Crippen molar-refractivity contribution in [1.82, 2.24) is 0 Å². The topological polar surface area (TPSA) is 237 Å². The fourth-order valence-corrected chi connectivity index (χ4v) is 12.3. The molecule has 0 bridgehead atoms. The lowest BCUT2D eigenvalue weighted by molar-refractivity contribution is -0.161. The van der Waals surface area contributed by atoms with Gasteiger partial charge in [-0.1, -0.05) is 305 Å². The second kappa shape index (κ2) is 61.9. The second-order valence-electron chi connectivity index (χ2n) is 27.1. The Labute approximate surface area is 549 Å². The number of carbonyl (C=O) groups excluding carboxylic acids is 4. The molecular weight excluding hydrogens is 1190 g/mol. The Balaban J connectivity index is 5.13. The number of hydrogen-bond acceptors (Lipinski definition) is 15. The van der Waals surface area contributed by atoms with Crippen LogP contribution >= 0.6 is 15.6 Å². The van der Waals surface area contributed by atoms with E-state index < -0.39 is 97.5 Å². The van der Waals surface area contributed by atoms with Crippen LogP contribution in [0.4, 0.5) is 0 Å². The van der Waals surface area contributed by atoms with Gasteiger partial charge in [0.15, 0.2) is 12.2 Å². The molecule has 0 rings (SSSR count). The van der Waals surface area contributed by atoms with Crippen LogP contribution in [0.1, 0.15) is 357 Å². The largest absolute Gasteiger partial charge is 0.472 e. The molecule has 17 nitrogen and oxygen atoms in total. The van der Waals surface area contributed by atoms with Crippen molar-refractivity contribution in [2.24, 2.45) is 17.8 Å². The summed E-state index contributed by atoms with van der Waals surface area (Å²) < 4.78 is 68.0. The molecule has 0 saturated heterocycles. The third-order valence-corrected chi connectivity index (χ3v) is 18.3. The van der Waals surface area contributed by atoms with Gasteiger partial charge in [-0.25, -0.2) is 9.13 Å². The van der Waals surface area contributed by atoms with E-state index >= 15 is 0 Å². The van der Waals surface area contributed by atoms with Gasteiger partial charge in [0.25, 0.3) is 0 Å². The quantitative estimate of drug-likeness (QED) is 0.0222. The van der Waals surface area contributed by atoms with E-state index in [1.54, 1.807) is 0 Å². The van der Waals surface area contributed by atoms with Crippen molar-refractivity contribution in [2.75, 3.05) is 39.6 Å². The lowest BCUT2D eigenvalue weighted by atomic mass is 10.0. The van der Waals surface area contributed by atoms with Crippen LogP contribution in [-0.4, -0.2) is 96.7 Å². The molecule has 0 fully saturated rings. The van der Waals surface area contributed by atoms with Crippen LogP contribution in [0.3, 0.4) is 0 Å². The molecular formula is C71H138O17P2. The molecule has 0 saturated carbocycles. The standard InChI is InChI=1S/C71H138O17P2/c1-8-9-10-35-45-52-68(73)81-58-66(88-71(76)55-48-41-34-33-38-44-51-64(6)7)60-85-89(77,78)83-56-65(72)57-84-90(79,80)86-61-67(59-82-69(74)53-46-39-31-27-23-19-16-15-18-22-26-30-37-43-50-63(4)5)87-70(75)54-47-40-32-28-24-20-14-12-11-13-17-21-25-29-36-42-49-62(2)3/h62-67,72H,8-61H2,1-7H3,(H,77,78)(H,79,80)/t65-,66+,67+/m0/s1. The molecule has 5 atom stereocenters. The van der Waals surface area contributed by atoms with Crippen LogP contribution in [-0.2, 0) is 65.4 Å². The van der Waals surface area contributed by atoms with Crippen molar-refractivity contribution in [1.29, 1.82) is 0 Å². The molecule has 534 valence electrons. The Hall–Kier alpha value is -1.94. The predicted octanol–water partition coefficient (Wildman–Crippen LogP) is 20.2. The van der Waals surface area contributed by atoms with Crippen LogP contribution in [0.2, 0.25) is 0 Å². The van der Waals surface area contributed by atoms with Crippen molar-refractivity contribution in [3.8, 4) is 0 Å². The number of ether oxygens (including phenoxy) is 4. The summed E-state index contributed by atoms with van der Waals surface area (Å²) in [5.74, 6) is 0.138. The van der Waals surface area contributed by atoms with Crippen molar-refractivity contribution >= 4 is 39.5 Å². The summed E-state index contributed by atoms with van der Waals surface area (Å²) >= 11 is 0. The number of aliphatic hydroxyl groups is 1. The molecule has 0 aliphatic heterocycles. The number of phosphoric ester groups is 2. The highest BCUT2D eigenvalue weighted by molar-refractivity contribution is 7.47. The summed E-state index contributed by atoms with van der Waals surface area (Å²) in [7, 11) is -9.89. The number of aliphatic hydroxyl groups excluding tert-OH is 1. The normalized spacial score (nSPS) is 14.2. The van der Waals surface area contributed by atoms with E-state index in [1.807, 2.05) is 0 Å². The maximum atomic E-state index is 13.0. The van der Waals surface area contributed by atoms with Crippen molar-refractivity contribution in [3.63, 3.8) is 0 Å². The number of hydrogen-bond donors (Lipinski definition) is 3. The van der Waals surface area contributed by atoms with Crippen LogP contribution in [0.25, 0.3) is 0 Å². The van der Waals surface area contributed by atoms with Crippen molar-refractivity contribution in [3.05, 3.63) is 0 Å². The van der Waals surface area contributed by atoms with Gasteiger partial charge in [0.1, 0.15) is 19.3 Å². The van der Waals surface area contributed by atoms with Gasteiger partial charge in [-0.2, -0.15) is 0 Å². The third kappa shape index (κ3) is 64.8. The van der Waals surface area contributed by atoms with Crippen molar-refractivity contribution < 1.29 is 80.2 Å². The maximum absolute atomic E-state index is 13.0. The minimum Gasteiger partial charge on any atom is -0.462 e. The van der Waals surface area contributed by atoms with Gasteiger partial charge in [-0.05, 0) is 43.4 Å². The number of carbonyl (C=O) groups is 4. The van der Waals surface area contributed by atoms with Gasteiger partial charge in [-0.15, -0.1) is 0 Å². The first-order chi connectivity index (χ1) is 43.2. The Morgan fingerprint density at radius 1 is 0.300 bits per heavy atom. The predicted molar refractivity (Wildman–Crippen MR) is 363 cm³/mol. The van der Waals surface area contributed by atoms with Gasteiger partial charge in [0.05, 0.1) is 26.4 Å². The lowest BCUT2D eigenvalue weighted by Gasteiger charge is -2.21. The molecule has 0 aromatic carbocycles. The summed E-state index contributed by atoms with van der Waals surface area (Å²) in [4.78, 5) is 72.2. The average molecular weight is 1330 g/mol. The molecule has 0 aromatic heterocycles. The first-order valence-electron chi connectivity index (χ1n) is 36.8. The van der Waals surface area contributed by atoms with E-state index in [0.717, 1.165) is 108 Å². The highest BCUT2D eigenvalue weighted by Crippen LogP contribution is 2.45.